The number of anilines is 4. The Hall–Kier alpha value is -4.44. The van der Waals surface area contributed by atoms with Gasteiger partial charge >= 0.3 is 12.0 Å². The number of ether oxygens (including phenoxy) is 2. The number of aliphatic carboxylic acids is 1. The average molecular weight is 686 g/mol. The van der Waals surface area contributed by atoms with E-state index in [0.29, 0.717) is 12.3 Å². The van der Waals surface area contributed by atoms with Crippen molar-refractivity contribution in [2.24, 2.45) is 0 Å². The normalized spacial score (nSPS) is 15.1. The summed E-state index contributed by atoms with van der Waals surface area (Å²) in [6, 6.07) is 20.6. The first-order valence-corrected chi connectivity index (χ1v) is 18.4. The molecule has 2 fully saturated rings. The molecule has 5 rings (SSSR count). The minimum absolute atomic E-state index is 0.0454. The van der Waals surface area contributed by atoms with Crippen LogP contribution in [0.5, 0.6) is 5.75 Å². The van der Waals surface area contributed by atoms with Crippen molar-refractivity contribution >= 4 is 34.7 Å². The van der Waals surface area contributed by atoms with Crippen molar-refractivity contribution in [2.75, 3.05) is 73.0 Å². The second-order valence-corrected chi connectivity index (χ2v) is 13.5. The second kappa shape index (κ2) is 18.5. The number of hydrogen-bond acceptors (Lipinski definition) is 7. The molecule has 1 unspecified atom stereocenters. The Morgan fingerprint density at radius 1 is 0.900 bits per heavy atom. The quantitative estimate of drug-likeness (QED) is 0.125. The Bertz CT molecular complexity index is 1540. The van der Waals surface area contributed by atoms with Gasteiger partial charge in [-0.25, -0.2) is 4.79 Å². The number of rotatable bonds is 17. The number of benzene rings is 3. The molecule has 2 heterocycles. The van der Waals surface area contributed by atoms with Crippen LogP contribution in [-0.4, -0.2) is 70.1 Å². The van der Waals surface area contributed by atoms with Crippen molar-refractivity contribution in [3.05, 3.63) is 77.4 Å². The third kappa shape index (κ3) is 10.3. The lowest BCUT2D eigenvalue weighted by Crippen LogP contribution is -2.37. The molecule has 1 atom stereocenters. The van der Waals surface area contributed by atoms with Crippen LogP contribution in [0.2, 0.25) is 0 Å². The van der Waals surface area contributed by atoms with Crippen molar-refractivity contribution in [1.82, 2.24) is 5.32 Å². The summed E-state index contributed by atoms with van der Waals surface area (Å²) in [6.07, 6.45) is 9.40. The fourth-order valence-corrected chi connectivity index (χ4v) is 6.84. The van der Waals surface area contributed by atoms with Crippen LogP contribution in [0.1, 0.15) is 81.5 Å². The maximum absolute atomic E-state index is 12.3. The number of nitrogens with zero attached hydrogens (tertiary/aromatic N) is 3. The maximum atomic E-state index is 12.3. The zero-order chi connectivity index (χ0) is 35.3. The van der Waals surface area contributed by atoms with Gasteiger partial charge in [-0.15, -0.1) is 0 Å². The van der Waals surface area contributed by atoms with Gasteiger partial charge in [0.25, 0.3) is 0 Å². The lowest BCUT2D eigenvalue weighted by atomic mass is 10.0. The predicted octanol–water partition coefficient (Wildman–Crippen LogP) is 7.62. The Morgan fingerprint density at radius 3 is 2.36 bits per heavy atom. The first-order chi connectivity index (χ1) is 24.3. The number of nitrogens with one attached hydrogen (secondary N) is 2. The van der Waals surface area contributed by atoms with Gasteiger partial charge in [0.1, 0.15) is 18.9 Å². The average Bonchev–Trinajstić information content (AvgIpc) is 3.69. The lowest BCUT2D eigenvalue weighted by Gasteiger charge is -2.31. The molecule has 10 heteroatoms. The number of carbonyl (C=O) groups excluding carboxylic acids is 1. The maximum Gasteiger partial charge on any atom is 0.323 e. The molecule has 2 aliphatic rings. The molecule has 0 saturated carbocycles. The van der Waals surface area contributed by atoms with Crippen LogP contribution < -0.4 is 30.1 Å². The van der Waals surface area contributed by atoms with Crippen molar-refractivity contribution in [2.45, 2.75) is 77.9 Å². The van der Waals surface area contributed by atoms with E-state index in [1.165, 1.54) is 61.0 Å². The molecular weight excluding hydrogens is 630 g/mol. The highest BCUT2D eigenvalue weighted by atomic mass is 16.5. The SMILES string of the molecule is CCCCCCCc1ccc(NC(=O)NCC(=O)O)cc1N(C)C(C)c1ccc(OCc2cc(N3CCCC3)ccc2N2CCOCC2)cc1. The molecule has 0 bridgehead atoms. The van der Waals surface area contributed by atoms with Gasteiger partial charge in [-0.3, -0.25) is 4.79 Å². The monoisotopic (exact) mass is 685 g/mol. The molecule has 3 aromatic carbocycles. The standard InChI is InChI=1S/C40H55N5O5/c1-4-5-6-7-8-11-32-12-15-34(42-40(48)41-28-39(46)47)27-38(32)43(3)30(2)31-13-17-36(18-14-31)50-29-33-26-35(44-20-9-10-21-44)16-19-37(33)45-22-24-49-25-23-45/h12-19,26-27,30H,4-11,20-25,28-29H2,1-3H3,(H,46,47)(H2,41,42,48). The number of morpholine rings is 1. The molecule has 2 saturated heterocycles. The first kappa shape index (κ1) is 36.8. The molecule has 3 N–H and O–H groups in total. The van der Waals surface area contributed by atoms with Crippen LogP contribution in [0, 0.1) is 0 Å². The fourth-order valence-electron chi connectivity index (χ4n) is 6.84. The highest BCUT2D eigenvalue weighted by molar-refractivity contribution is 5.91. The number of carbonyl (C=O) groups is 2. The topological polar surface area (TPSA) is 107 Å². The summed E-state index contributed by atoms with van der Waals surface area (Å²) in [5, 5.41) is 14.1. The number of aryl methyl sites for hydroxylation is 1. The minimum Gasteiger partial charge on any atom is -0.489 e. The van der Waals surface area contributed by atoms with E-state index in [9.17, 15) is 9.59 Å². The highest BCUT2D eigenvalue weighted by Gasteiger charge is 2.20. The molecule has 0 aliphatic carbocycles. The zero-order valence-electron chi connectivity index (χ0n) is 30.1. The van der Waals surface area contributed by atoms with Crippen LogP contribution in [0.15, 0.2) is 60.7 Å². The minimum atomic E-state index is -1.09. The number of unbranched alkanes of at least 4 members (excludes halogenated alkanes) is 4. The summed E-state index contributed by atoms with van der Waals surface area (Å²) in [4.78, 5) is 30.4. The van der Waals surface area contributed by atoms with E-state index < -0.39 is 18.5 Å². The summed E-state index contributed by atoms with van der Waals surface area (Å²) in [5.41, 5.74) is 7.71. The lowest BCUT2D eigenvalue weighted by molar-refractivity contribution is -0.135. The Morgan fingerprint density at radius 2 is 1.64 bits per heavy atom. The Labute approximate surface area is 297 Å². The summed E-state index contributed by atoms with van der Waals surface area (Å²) >= 11 is 0. The molecule has 0 spiro atoms. The van der Waals surface area contributed by atoms with Crippen molar-refractivity contribution in [1.29, 1.82) is 0 Å². The van der Waals surface area contributed by atoms with Crippen molar-refractivity contribution in [3.63, 3.8) is 0 Å². The smallest absolute Gasteiger partial charge is 0.323 e. The summed E-state index contributed by atoms with van der Waals surface area (Å²) in [6.45, 7) is 9.92. The number of amides is 2. The van der Waals surface area contributed by atoms with E-state index in [1.54, 1.807) is 0 Å². The van der Waals surface area contributed by atoms with Gasteiger partial charge in [-0.2, -0.15) is 0 Å². The molecule has 2 aliphatic heterocycles. The number of carboxylic acid groups (broad SMARTS) is 1. The van der Waals surface area contributed by atoms with E-state index in [4.69, 9.17) is 14.6 Å². The summed E-state index contributed by atoms with van der Waals surface area (Å²) in [5.74, 6) is -0.261. The molecule has 50 heavy (non-hydrogen) atoms. The highest BCUT2D eigenvalue weighted by Crippen LogP contribution is 2.34. The van der Waals surface area contributed by atoms with Crippen molar-refractivity contribution in [3.8, 4) is 5.75 Å². The third-order valence-corrected chi connectivity index (χ3v) is 9.90. The van der Waals surface area contributed by atoms with Crippen LogP contribution in [0.25, 0.3) is 0 Å². The molecule has 270 valence electrons. The van der Waals surface area contributed by atoms with E-state index in [1.807, 2.05) is 12.1 Å². The molecule has 0 aromatic heterocycles. The van der Waals surface area contributed by atoms with Crippen LogP contribution in [0.4, 0.5) is 27.5 Å². The number of hydrogen-bond donors (Lipinski definition) is 3. The van der Waals surface area contributed by atoms with E-state index in [-0.39, 0.29) is 6.04 Å². The summed E-state index contributed by atoms with van der Waals surface area (Å²) < 4.78 is 12.0. The van der Waals surface area contributed by atoms with Gasteiger partial charge in [0.15, 0.2) is 0 Å². The van der Waals surface area contributed by atoms with Gasteiger partial charge in [0, 0.05) is 61.5 Å². The van der Waals surface area contributed by atoms with E-state index >= 15 is 0 Å². The molecule has 10 nitrogen and oxygen atoms in total. The van der Waals surface area contributed by atoms with Gasteiger partial charge in [0.2, 0.25) is 0 Å². The first-order valence-electron chi connectivity index (χ1n) is 18.4. The molecule has 0 radical (unpaired) electrons. The van der Waals surface area contributed by atoms with Crippen LogP contribution >= 0.6 is 0 Å². The Kier molecular flexibility index (Phi) is 13.6. The van der Waals surface area contributed by atoms with Gasteiger partial charge in [0.05, 0.1) is 19.3 Å². The number of carboxylic acids is 1. The van der Waals surface area contributed by atoms with Crippen LogP contribution in [-0.2, 0) is 22.6 Å². The molecule has 2 amide bonds. The van der Waals surface area contributed by atoms with Crippen molar-refractivity contribution < 1.29 is 24.2 Å². The largest absolute Gasteiger partial charge is 0.489 e. The molecular formula is C40H55N5O5. The van der Waals surface area contributed by atoms with Gasteiger partial charge < -0.3 is 39.9 Å². The fraction of sp³-hybridized carbons (Fsp3) is 0.500. The second-order valence-electron chi connectivity index (χ2n) is 13.5. The number of urea groups is 1. The van der Waals surface area contributed by atoms with Gasteiger partial charge in [-0.1, -0.05) is 50.8 Å². The Balaban J connectivity index is 1.28. The zero-order valence-corrected chi connectivity index (χ0v) is 30.1. The molecule has 3 aromatic rings. The van der Waals surface area contributed by atoms with E-state index in [2.05, 4.69) is 94.8 Å². The third-order valence-electron chi connectivity index (χ3n) is 9.90. The predicted molar refractivity (Wildman–Crippen MR) is 202 cm³/mol. The summed E-state index contributed by atoms with van der Waals surface area (Å²) in [7, 11) is 2.08. The van der Waals surface area contributed by atoms with Gasteiger partial charge in [-0.05, 0) is 86.2 Å². The van der Waals surface area contributed by atoms with E-state index in [0.717, 1.165) is 69.2 Å². The van der Waals surface area contributed by atoms with Crippen LogP contribution in [0.3, 0.4) is 0 Å².